The molecule has 0 spiro atoms. The maximum absolute atomic E-state index is 5.70. The van der Waals surface area contributed by atoms with Crippen molar-refractivity contribution in [3.8, 4) is 0 Å². The van der Waals surface area contributed by atoms with Gasteiger partial charge in [-0.2, -0.15) is 0 Å². The van der Waals surface area contributed by atoms with Crippen molar-refractivity contribution in [2.24, 2.45) is 5.84 Å². The van der Waals surface area contributed by atoms with E-state index in [4.69, 9.17) is 10.6 Å². The number of morpholine rings is 1. The molecule has 0 unspecified atom stereocenters. The highest BCUT2D eigenvalue weighted by molar-refractivity contribution is 5.53. The van der Waals surface area contributed by atoms with Crippen LogP contribution in [0.25, 0.3) is 0 Å². The number of aromatic nitrogens is 1. The molecular formula is C11H18N4O. The first-order chi connectivity index (χ1) is 7.69. The topological polar surface area (TPSA) is 63.4 Å². The van der Waals surface area contributed by atoms with Gasteiger partial charge in [0.25, 0.3) is 0 Å². The van der Waals surface area contributed by atoms with Crippen LogP contribution < -0.4 is 16.2 Å². The molecule has 1 saturated heterocycles. The van der Waals surface area contributed by atoms with Crippen LogP contribution >= 0.6 is 0 Å². The minimum absolute atomic E-state index is 0.256. The average Bonchev–Trinajstić information content (AvgIpc) is 2.28. The van der Waals surface area contributed by atoms with Crippen molar-refractivity contribution in [1.29, 1.82) is 0 Å². The molecule has 2 atom stereocenters. The Morgan fingerprint density at radius 3 is 2.75 bits per heavy atom. The minimum atomic E-state index is 0.256. The van der Waals surface area contributed by atoms with Gasteiger partial charge >= 0.3 is 0 Å². The van der Waals surface area contributed by atoms with Gasteiger partial charge in [0.15, 0.2) is 0 Å². The lowest BCUT2D eigenvalue weighted by Gasteiger charge is -2.36. The summed E-state index contributed by atoms with van der Waals surface area (Å²) < 4.78 is 5.70. The van der Waals surface area contributed by atoms with Gasteiger partial charge in [-0.25, -0.2) is 10.8 Å². The second kappa shape index (κ2) is 4.67. The van der Waals surface area contributed by atoms with E-state index in [2.05, 4.69) is 29.2 Å². The molecule has 1 aliphatic rings. The number of hydrogen-bond donors (Lipinski definition) is 2. The van der Waals surface area contributed by atoms with Crippen molar-refractivity contribution < 1.29 is 4.74 Å². The Kier molecular flexibility index (Phi) is 3.26. The Bertz CT molecular complexity index is 348. The van der Waals surface area contributed by atoms with Crippen molar-refractivity contribution in [2.45, 2.75) is 26.1 Å². The molecule has 88 valence electrons. The Hall–Kier alpha value is -1.33. The first kappa shape index (κ1) is 11.2. The van der Waals surface area contributed by atoms with Gasteiger partial charge in [0.2, 0.25) is 0 Å². The van der Waals surface area contributed by atoms with Crippen molar-refractivity contribution in [3.63, 3.8) is 0 Å². The maximum Gasteiger partial charge on any atom is 0.141 e. The number of nitrogens with zero attached hydrogens (tertiary/aromatic N) is 2. The summed E-state index contributed by atoms with van der Waals surface area (Å²) in [5.41, 5.74) is 3.69. The third-order valence-corrected chi connectivity index (χ3v) is 2.68. The van der Waals surface area contributed by atoms with Crippen LogP contribution in [-0.2, 0) is 4.74 Å². The summed E-state index contributed by atoms with van der Waals surface area (Å²) >= 11 is 0. The van der Waals surface area contributed by atoms with Gasteiger partial charge in [-0.3, -0.25) is 0 Å². The van der Waals surface area contributed by atoms with E-state index in [0.29, 0.717) is 5.82 Å². The van der Waals surface area contributed by atoms with Crippen molar-refractivity contribution in [3.05, 3.63) is 18.3 Å². The first-order valence-electron chi connectivity index (χ1n) is 5.52. The summed E-state index contributed by atoms with van der Waals surface area (Å²) in [6.07, 6.45) is 2.27. The zero-order valence-electron chi connectivity index (χ0n) is 9.68. The van der Waals surface area contributed by atoms with Gasteiger partial charge in [-0.15, -0.1) is 0 Å². The zero-order valence-corrected chi connectivity index (χ0v) is 9.68. The summed E-state index contributed by atoms with van der Waals surface area (Å²) in [6, 6.07) is 3.94. The molecule has 1 aliphatic heterocycles. The summed E-state index contributed by atoms with van der Waals surface area (Å²) in [5, 5.41) is 0. The van der Waals surface area contributed by atoms with E-state index < -0.39 is 0 Å². The van der Waals surface area contributed by atoms with Crippen molar-refractivity contribution >= 4 is 11.5 Å². The van der Waals surface area contributed by atoms with Gasteiger partial charge in [0.1, 0.15) is 5.82 Å². The predicted octanol–water partition coefficient (Wildman–Crippen LogP) is 0.981. The van der Waals surface area contributed by atoms with E-state index in [1.165, 1.54) is 0 Å². The van der Waals surface area contributed by atoms with Crippen LogP contribution in [0.2, 0.25) is 0 Å². The van der Waals surface area contributed by atoms with E-state index in [0.717, 1.165) is 18.8 Å². The van der Waals surface area contributed by atoms with Crippen LogP contribution in [0.15, 0.2) is 18.3 Å². The standard InChI is InChI=1S/C11H18N4O/c1-8-6-15(7-9(2)16-8)10-3-4-13-11(5-10)14-12/h3-5,8-9H,6-7,12H2,1-2H3,(H,13,14)/t8-,9+. The van der Waals surface area contributed by atoms with E-state index in [1.54, 1.807) is 6.20 Å². The number of hydrogen-bond acceptors (Lipinski definition) is 5. The quantitative estimate of drug-likeness (QED) is 0.577. The molecule has 16 heavy (non-hydrogen) atoms. The summed E-state index contributed by atoms with van der Waals surface area (Å²) in [7, 11) is 0. The number of hydrazine groups is 1. The van der Waals surface area contributed by atoms with Gasteiger partial charge < -0.3 is 15.1 Å². The number of ether oxygens (including phenoxy) is 1. The van der Waals surface area contributed by atoms with Crippen LogP contribution in [0.4, 0.5) is 11.5 Å². The fraction of sp³-hybridized carbons (Fsp3) is 0.545. The summed E-state index contributed by atoms with van der Waals surface area (Å²) in [5.74, 6) is 6.03. The Morgan fingerprint density at radius 1 is 1.44 bits per heavy atom. The lowest BCUT2D eigenvalue weighted by molar-refractivity contribution is -0.00521. The molecule has 1 fully saturated rings. The fourth-order valence-electron chi connectivity index (χ4n) is 2.08. The number of nitrogen functional groups attached to an aromatic ring is 1. The van der Waals surface area contributed by atoms with Gasteiger partial charge in [0, 0.05) is 31.0 Å². The highest BCUT2D eigenvalue weighted by Gasteiger charge is 2.22. The Balaban J connectivity index is 2.16. The molecule has 0 amide bonds. The molecule has 0 bridgehead atoms. The van der Waals surface area contributed by atoms with Gasteiger partial charge in [0.05, 0.1) is 12.2 Å². The highest BCUT2D eigenvalue weighted by atomic mass is 16.5. The van der Waals surface area contributed by atoms with E-state index >= 15 is 0 Å². The molecule has 5 heteroatoms. The zero-order chi connectivity index (χ0) is 11.5. The van der Waals surface area contributed by atoms with Crippen LogP contribution in [0, 0.1) is 0 Å². The highest BCUT2D eigenvalue weighted by Crippen LogP contribution is 2.21. The van der Waals surface area contributed by atoms with Crippen LogP contribution in [0.3, 0.4) is 0 Å². The molecule has 1 aromatic heterocycles. The van der Waals surface area contributed by atoms with Gasteiger partial charge in [-0.1, -0.05) is 0 Å². The van der Waals surface area contributed by atoms with Crippen LogP contribution in [-0.4, -0.2) is 30.3 Å². The summed E-state index contributed by atoms with van der Waals surface area (Å²) in [6.45, 7) is 5.98. The molecular weight excluding hydrogens is 204 g/mol. The third-order valence-electron chi connectivity index (χ3n) is 2.68. The smallest absolute Gasteiger partial charge is 0.141 e. The molecule has 1 aromatic rings. The lowest BCUT2D eigenvalue weighted by atomic mass is 10.2. The van der Waals surface area contributed by atoms with Crippen molar-refractivity contribution in [2.75, 3.05) is 23.4 Å². The molecule has 0 radical (unpaired) electrons. The SMILES string of the molecule is C[C@@H]1CN(c2ccnc(NN)c2)C[C@H](C)O1. The van der Waals surface area contributed by atoms with Crippen LogP contribution in [0.1, 0.15) is 13.8 Å². The van der Waals surface area contributed by atoms with Crippen LogP contribution in [0.5, 0.6) is 0 Å². The fourth-order valence-corrected chi connectivity index (χ4v) is 2.08. The molecule has 2 rings (SSSR count). The second-order valence-corrected chi connectivity index (χ2v) is 4.21. The lowest BCUT2D eigenvalue weighted by Crippen LogP contribution is -2.45. The third kappa shape index (κ3) is 2.43. The van der Waals surface area contributed by atoms with Crippen molar-refractivity contribution in [1.82, 2.24) is 4.98 Å². The second-order valence-electron chi connectivity index (χ2n) is 4.21. The normalized spacial score (nSPS) is 25.6. The predicted molar refractivity (Wildman–Crippen MR) is 64.3 cm³/mol. The molecule has 0 saturated carbocycles. The molecule has 0 aliphatic carbocycles. The first-order valence-corrected chi connectivity index (χ1v) is 5.52. The summed E-state index contributed by atoms with van der Waals surface area (Å²) in [4.78, 5) is 6.39. The van der Waals surface area contributed by atoms with E-state index in [-0.39, 0.29) is 12.2 Å². The average molecular weight is 222 g/mol. The maximum atomic E-state index is 5.70. The molecule has 0 aromatic carbocycles. The number of nitrogens with one attached hydrogen (secondary N) is 1. The largest absolute Gasteiger partial charge is 0.372 e. The molecule has 5 nitrogen and oxygen atoms in total. The molecule has 2 heterocycles. The number of anilines is 2. The molecule has 3 N–H and O–H groups in total. The Morgan fingerprint density at radius 2 is 2.12 bits per heavy atom. The van der Waals surface area contributed by atoms with E-state index in [1.807, 2.05) is 12.1 Å². The van der Waals surface area contributed by atoms with Gasteiger partial charge in [-0.05, 0) is 19.9 Å². The Labute approximate surface area is 95.6 Å². The number of pyridine rings is 1. The van der Waals surface area contributed by atoms with E-state index in [9.17, 15) is 0 Å². The number of rotatable bonds is 2. The number of nitrogens with two attached hydrogens (primary N) is 1. The monoisotopic (exact) mass is 222 g/mol. The minimum Gasteiger partial charge on any atom is -0.372 e.